The first kappa shape index (κ1) is 16.9. The van der Waals surface area contributed by atoms with Crippen LogP contribution in [0, 0.1) is 18.3 Å². The predicted molar refractivity (Wildman–Crippen MR) is 106 cm³/mol. The molecule has 0 aromatic carbocycles. The van der Waals surface area contributed by atoms with Gasteiger partial charge >= 0.3 is 0 Å². The molecule has 0 atom stereocenters. The van der Waals surface area contributed by atoms with Gasteiger partial charge in [0.25, 0.3) is 0 Å². The van der Waals surface area contributed by atoms with Crippen molar-refractivity contribution in [2.75, 3.05) is 0 Å². The highest BCUT2D eigenvalue weighted by Gasteiger charge is 2.26. The van der Waals surface area contributed by atoms with Crippen LogP contribution in [0.25, 0.3) is 33.5 Å². The predicted octanol–water partition coefficient (Wildman–Crippen LogP) is 4.73. The first-order valence-electron chi connectivity index (χ1n) is 8.77. The molecule has 0 spiro atoms. The molecule has 4 aromatic heterocycles. The maximum Gasteiger partial charge on any atom is 0.141 e. The molecule has 0 bridgehead atoms. The summed E-state index contributed by atoms with van der Waals surface area (Å²) in [5, 5.41) is 10.7. The molecule has 0 radical (unpaired) electrons. The average molecular weight is 353 g/mol. The summed E-state index contributed by atoms with van der Waals surface area (Å²) in [5.41, 5.74) is 4.77. The molecule has 27 heavy (non-hydrogen) atoms. The third kappa shape index (κ3) is 2.96. The van der Waals surface area contributed by atoms with Crippen LogP contribution in [0.2, 0.25) is 0 Å². The van der Waals surface area contributed by atoms with Gasteiger partial charge in [0.05, 0.1) is 17.5 Å². The van der Waals surface area contributed by atoms with Gasteiger partial charge < -0.3 is 4.57 Å². The maximum atomic E-state index is 9.76. The highest BCUT2D eigenvalue weighted by Crippen LogP contribution is 2.34. The number of rotatable bonds is 3. The first-order valence-corrected chi connectivity index (χ1v) is 8.77. The van der Waals surface area contributed by atoms with Gasteiger partial charge in [-0.3, -0.25) is 9.97 Å². The molecule has 0 aliphatic heterocycles. The molecular formula is C22H19N5. The lowest BCUT2D eigenvalue weighted by Crippen LogP contribution is -2.25. The van der Waals surface area contributed by atoms with Gasteiger partial charge in [0.2, 0.25) is 0 Å². The van der Waals surface area contributed by atoms with Gasteiger partial charge in [-0.05, 0) is 57.2 Å². The molecule has 0 unspecified atom stereocenters. The molecular weight excluding hydrogens is 334 g/mol. The highest BCUT2D eigenvalue weighted by atomic mass is 15.1. The number of hydrogen-bond donors (Lipinski definition) is 0. The first-order chi connectivity index (χ1) is 13.0. The van der Waals surface area contributed by atoms with Crippen LogP contribution in [0.1, 0.15) is 19.5 Å². The van der Waals surface area contributed by atoms with Gasteiger partial charge in [-0.25, -0.2) is 4.98 Å². The molecule has 0 amide bonds. The van der Waals surface area contributed by atoms with E-state index in [-0.39, 0.29) is 0 Å². The molecule has 0 aliphatic rings. The Morgan fingerprint density at radius 3 is 2.52 bits per heavy atom. The number of fused-ring (bicyclic) bond motifs is 1. The van der Waals surface area contributed by atoms with Crippen molar-refractivity contribution >= 4 is 11.0 Å². The topological polar surface area (TPSA) is 67.4 Å². The van der Waals surface area contributed by atoms with Crippen LogP contribution in [-0.4, -0.2) is 19.5 Å². The summed E-state index contributed by atoms with van der Waals surface area (Å²) in [4.78, 5) is 13.4. The van der Waals surface area contributed by atoms with E-state index < -0.39 is 5.54 Å². The van der Waals surface area contributed by atoms with Crippen LogP contribution < -0.4 is 0 Å². The Hall–Kier alpha value is -3.52. The summed E-state index contributed by atoms with van der Waals surface area (Å²) in [5.74, 6) is 0. The standard InChI is InChI=1S/C22H19N5/c1-15-10-16(7-9-24-15)20-12-17-11-18(19-6-4-5-8-25-19)13-26-21(17)27(20)22(2,3)14-23/h4-13H,1-3H3. The summed E-state index contributed by atoms with van der Waals surface area (Å²) >= 11 is 0. The second kappa shape index (κ2) is 6.33. The molecule has 132 valence electrons. The molecule has 0 fully saturated rings. The average Bonchev–Trinajstić information content (AvgIpc) is 3.08. The molecule has 0 saturated heterocycles. The second-order valence-corrected chi connectivity index (χ2v) is 7.07. The van der Waals surface area contributed by atoms with Crippen molar-refractivity contribution in [3.8, 4) is 28.6 Å². The van der Waals surface area contributed by atoms with Crippen LogP contribution in [0.5, 0.6) is 0 Å². The summed E-state index contributed by atoms with van der Waals surface area (Å²) in [6, 6.07) is 16.4. The largest absolute Gasteiger partial charge is 0.307 e. The van der Waals surface area contributed by atoms with E-state index in [1.807, 2.05) is 61.9 Å². The second-order valence-electron chi connectivity index (χ2n) is 7.07. The van der Waals surface area contributed by atoms with Crippen molar-refractivity contribution in [1.29, 1.82) is 5.26 Å². The lowest BCUT2D eigenvalue weighted by atomic mass is 10.1. The highest BCUT2D eigenvalue weighted by molar-refractivity contribution is 5.87. The van der Waals surface area contributed by atoms with E-state index in [4.69, 9.17) is 4.98 Å². The zero-order valence-electron chi connectivity index (χ0n) is 15.5. The molecule has 0 aliphatic carbocycles. The van der Waals surface area contributed by atoms with Gasteiger partial charge in [-0.15, -0.1) is 0 Å². The number of nitriles is 1. The van der Waals surface area contributed by atoms with Crippen LogP contribution >= 0.6 is 0 Å². The number of nitrogens with zero attached hydrogens (tertiary/aromatic N) is 5. The number of aryl methyl sites for hydroxylation is 1. The van der Waals surface area contributed by atoms with Crippen molar-refractivity contribution in [3.63, 3.8) is 0 Å². The molecule has 4 rings (SSSR count). The van der Waals surface area contributed by atoms with Crippen LogP contribution in [0.4, 0.5) is 0 Å². The van der Waals surface area contributed by atoms with Crippen molar-refractivity contribution in [3.05, 3.63) is 66.7 Å². The lowest BCUT2D eigenvalue weighted by Gasteiger charge is -2.22. The van der Waals surface area contributed by atoms with Crippen molar-refractivity contribution in [2.24, 2.45) is 0 Å². The van der Waals surface area contributed by atoms with E-state index in [1.54, 1.807) is 12.4 Å². The maximum absolute atomic E-state index is 9.76. The quantitative estimate of drug-likeness (QED) is 0.534. The Bertz CT molecular complexity index is 1170. The third-order valence-electron chi connectivity index (χ3n) is 4.63. The molecule has 4 heterocycles. The van der Waals surface area contributed by atoms with Gasteiger partial charge in [0, 0.05) is 40.8 Å². The Balaban J connectivity index is 1.99. The number of pyridine rings is 3. The number of aromatic nitrogens is 4. The zero-order chi connectivity index (χ0) is 19.0. The minimum atomic E-state index is -0.742. The fraction of sp³-hybridized carbons (Fsp3) is 0.182. The van der Waals surface area contributed by atoms with E-state index in [1.165, 1.54) is 0 Å². The summed E-state index contributed by atoms with van der Waals surface area (Å²) in [7, 11) is 0. The third-order valence-corrected chi connectivity index (χ3v) is 4.63. The Kier molecular flexibility index (Phi) is 3.97. The van der Waals surface area contributed by atoms with Gasteiger partial charge in [0.1, 0.15) is 11.2 Å². The molecule has 0 N–H and O–H groups in total. The molecule has 5 nitrogen and oxygen atoms in total. The Labute approximate surface area is 158 Å². The van der Waals surface area contributed by atoms with Gasteiger partial charge in [0.15, 0.2) is 0 Å². The summed E-state index contributed by atoms with van der Waals surface area (Å²) in [6.45, 7) is 5.76. The Morgan fingerprint density at radius 1 is 0.963 bits per heavy atom. The van der Waals surface area contributed by atoms with Crippen molar-refractivity contribution < 1.29 is 0 Å². The fourth-order valence-corrected chi connectivity index (χ4v) is 3.30. The van der Waals surface area contributed by atoms with Crippen LogP contribution in [0.3, 0.4) is 0 Å². The van der Waals surface area contributed by atoms with Crippen molar-refractivity contribution in [2.45, 2.75) is 26.3 Å². The summed E-state index contributed by atoms with van der Waals surface area (Å²) in [6.07, 6.45) is 5.38. The van der Waals surface area contributed by atoms with Gasteiger partial charge in [-0.2, -0.15) is 5.26 Å². The van der Waals surface area contributed by atoms with Crippen LogP contribution in [-0.2, 0) is 5.54 Å². The molecule has 5 heteroatoms. The van der Waals surface area contributed by atoms with Gasteiger partial charge in [-0.1, -0.05) is 6.07 Å². The zero-order valence-corrected chi connectivity index (χ0v) is 15.5. The minimum Gasteiger partial charge on any atom is -0.307 e. The van der Waals surface area contributed by atoms with E-state index in [0.29, 0.717) is 0 Å². The summed E-state index contributed by atoms with van der Waals surface area (Å²) < 4.78 is 2.00. The lowest BCUT2D eigenvalue weighted by molar-refractivity contribution is 0.486. The van der Waals surface area contributed by atoms with E-state index in [0.717, 1.165) is 39.2 Å². The molecule has 4 aromatic rings. The smallest absolute Gasteiger partial charge is 0.141 e. The van der Waals surface area contributed by atoms with Crippen molar-refractivity contribution in [1.82, 2.24) is 19.5 Å². The van der Waals surface area contributed by atoms with E-state index >= 15 is 0 Å². The SMILES string of the molecule is Cc1cc(-c2cc3cc(-c4ccccn4)cnc3n2C(C)(C)C#N)ccn1. The number of hydrogen-bond acceptors (Lipinski definition) is 4. The minimum absolute atomic E-state index is 0.742. The molecule has 0 saturated carbocycles. The fourth-order valence-electron chi connectivity index (χ4n) is 3.30. The van der Waals surface area contributed by atoms with E-state index in [2.05, 4.69) is 28.2 Å². The van der Waals surface area contributed by atoms with Crippen LogP contribution in [0.15, 0.2) is 61.1 Å². The normalized spacial score (nSPS) is 11.5. The Morgan fingerprint density at radius 2 is 1.81 bits per heavy atom. The monoisotopic (exact) mass is 353 g/mol. The van der Waals surface area contributed by atoms with E-state index in [9.17, 15) is 5.26 Å².